The van der Waals surface area contributed by atoms with Gasteiger partial charge in [0.15, 0.2) is 5.78 Å². The highest BCUT2D eigenvalue weighted by Gasteiger charge is 2.20. The molecule has 0 radical (unpaired) electrons. The van der Waals surface area contributed by atoms with E-state index < -0.39 is 23.6 Å². The second-order valence-electron chi connectivity index (χ2n) is 6.87. The number of aromatic amines is 1. The predicted octanol–water partition coefficient (Wildman–Crippen LogP) is 4.56. The molecule has 2 amide bonds. The number of carbonyl (C=O) groups excluding carboxylic acids is 3. The molecule has 4 aromatic rings. The molecule has 0 saturated heterocycles. The molecule has 4 rings (SSSR count). The minimum atomic E-state index is -0.693. The molecule has 0 aliphatic carbocycles. The summed E-state index contributed by atoms with van der Waals surface area (Å²) in [5, 5.41) is 5.01. The van der Waals surface area contributed by atoms with Crippen molar-refractivity contribution in [2.75, 3.05) is 12.4 Å². The van der Waals surface area contributed by atoms with E-state index in [0.717, 1.165) is 6.07 Å². The van der Waals surface area contributed by atoms with E-state index in [4.69, 9.17) is 16.3 Å². The highest BCUT2D eigenvalue weighted by Crippen LogP contribution is 2.23. The number of nitrogens with one attached hydrogen (secondary N) is 3. The van der Waals surface area contributed by atoms with Crippen molar-refractivity contribution in [1.82, 2.24) is 15.3 Å². The maximum absolute atomic E-state index is 14.0. The molecule has 0 aliphatic rings. The van der Waals surface area contributed by atoms with E-state index >= 15 is 0 Å². The summed E-state index contributed by atoms with van der Waals surface area (Å²) in [7, 11) is 1.41. The van der Waals surface area contributed by atoms with Gasteiger partial charge < -0.3 is 20.4 Å². The fourth-order valence-corrected chi connectivity index (χ4v) is 3.30. The smallest absolute Gasteiger partial charge is 0.375 e. The van der Waals surface area contributed by atoms with E-state index in [1.165, 1.54) is 37.4 Å². The van der Waals surface area contributed by atoms with Crippen molar-refractivity contribution in [3.63, 3.8) is 0 Å². The number of hydrogen-bond donors (Lipinski definition) is 3. The zero-order valence-corrected chi connectivity index (χ0v) is 17.9. The summed E-state index contributed by atoms with van der Waals surface area (Å²) < 4.78 is 19.0. The second-order valence-corrected chi connectivity index (χ2v) is 7.30. The summed E-state index contributed by atoms with van der Waals surface area (Å²) in [5.41, 5.74) is 1.30. The van der Waals surface area contributed by atoms with Gasteiger partial charge in [0.05, 0.1) is 22.3 Å². The summed E-state index contributed by atoms with van der Waals surface area (Å²) in [5.74, 6) is -1.75. The van der Waals surface area contributed by atoms with Gasteiger partial charge in [0, 0.05) is 23.2 Å². The molecule has 8 nitrogen and oxygen atoms in total. The Bertz CT molecular complexity index is 1400. The number of ketones is 1. The Kier molecular flexibility index (Phi) is 6.05. The zero-order chi connectivity index (χ0) is 23.5. The Hall–Kier alpha value is -4.24. The monoisotopic (exact) mass is 466 g/mol. The Labute approximate surface area is 191 Å². The highest BCUT2D eigenvalue weighted by atomic mass is 35.5. The van der Waals surface area contributed by atoms with Gasteiger partial charge in [-0.25, -0.2) is 9.18 Å². The van der Waals surface area contributed by atoms with Gasteiger partial charge in [-0.3, -0.25) is 9.59 Å². The van der Waals surface area contributed by atoms with Crippen LogP contribution in [0.3, 0.4) is 0 Å². The number of aromatic nitrogens is 2. The number of ether oxygens (including phenoxy) is 1. The molecule has 0 fully saturated rings. The van der Waals surface area contributed by atoms with Crippen LogP contribution in [0.5, 0.6) is 6.01 Å². The van der Waals surface area contributed by atoms with E-state index in [2.05, 4.69) is 20.6 Å². The average Bonchev–Trinajstić information content (AvgIpc) is 3.22. The van der Waals surface area contributed by atoms with Crippen molar-refractivity contribution in [1.29, 1.82) is 0 Å². The fourth-order valence-electron chi connectivity index (χ4n) is 3.13. The van der Waals surface area contributed by atoms with Gasteiger partial charge in [-0.05, 0) is 42.5 Å². The summed E-state index contributed by atoms with van der Waals surface area (Å²) in [6.45, 7) is 0. The number of amides is 2. The molecule has 33 heavy (non-hydrogen) atoms. The van der Waals surface area contributed by atoms with Crippen LogP contribution in [0.25, 0.3) is 11.0 Å². The average molecular weight is 467 g/mol. The van der Waals surface area contributed by atoms with Crippen LogP contribution in [0.1, 0.15) is 26.3 Å². The first-order valence-electron chi connectivity index (χ1n) is 9.65. The standard InChI is InChI=1S/C23H16ClFN4O4/c1-26-23(32)33-22-28-17-9-6-12(10-19(17)29-22)20(30)14-4-2-3-5-15(14)21(31)27-18-11-13(24)7-8-16(18)25/h2-11H,1H3,(H,26,32)(H,27,31)(H,28,29). The van der Waals surface area contributed by atoms with Crippen molar-refractivity contribution in [2.24, 2.45) is 0 Å². The molecule has 0 bridgehead atoms. The highest BCUT2D eigenvalue weighted by molar-refractivity contribution is 6.31. The number of carbonyl (C=O) groups is 3. The van der Waals surface area contributed by atoms with E-state index in [1.54, 1.807) is 24.3 Å². The van der Waals surface area contributed by atoms with Crippen LogP contribution in [0, 0.1) is 5.82 Å². The number of benzene rings is 3. The number of nitrogens with zero attached hydrogens (tertiary/aromatic N) is 1. The molecule has 0 atom stereocenters. The molecule has 1 heterocycles. The first kappa shape index (κ1) is 22.0. The number of anilines is 1. The Morgan fingerprint density at radius 2 is 1.79 bits per heavy atom. The number of fused-ring (bicyclic) bond motifs is 1. The molecule has 1 aromatic heterocycles. The van der Waals surface area contributed by atoms with Crippen LogP contribution in [0.15, 0.2) is 60.7 Å². The van der Waals surface area contributed by atoms with E-state index in [9.17, 15) is 18.8 Å². The molecule has 166 valence electrons. The summed E-state index contributed by atoms with van der Waals surface area (Å²) in [4.78, 5) is 44.4. The van der Waals surface area contributed by atoms with Crippen molar-refractivity contribution < 1.29 is 23.5 Å². The first-order valence-corrected chi connectivity index (χ1v) is 10.0. The third-order valence-electron chi connectivity index (χ3n) is 4.71. The minimum absolute atomic E-state index is 0.0303. The third kappa shape index (κ3) is 4.68. The number of H-pyrrole nitrogens is 1. The zero-order valence-electron chi connectivity index (χ0n) is 17.1. The van der Waals surface area contributed by atoms with Crippen LogP contribution >= 0.6 is 11.6 Å². The van der Waals surface area contributed by atoms with Crippen molar-refractivity contribution >= 4 is 46.1 Å². The van der Waals surface area contributed by atoms with Crippen molar-refractivity contribution in [2.45, 2.75) is 0 Å². The number of halogens is 2. The summed E-state index contributed by atoms with van der Waals surface area (Å²) in [6, 6.07) is 14.6. The fraction of sp³-hybridized carbons (Fsp3) is 0.0435. The van der Waals surface area contributed by atoms with Gasteiger partial charge in [-0.15, -0.1) is 0 Å². The molecular formula is C23H16ClFN4O4. The lowest BCUT2D eigenvalue weighted by Gasteiger charge is -2.11. The maximum atomic E-state index is 14.0. The van der Waals surface area contributed by atoms with Crippen LogP contribution < -0.4 is 15.4 Å². The molecule has 3 aromatic carbocycles. The molecule has 0 aliphatic heterocycles. The quantitative estimate of drug-likeness (QED) is 0.373. The topological polar surface area (TPSA) is 113 Å². The minimum Gasteiger partial charge on any atom is -0.375 e. The Morgan fingerprint density at radius 3 is 2.55 bits per heavy atom. The molecule has 3 N–H and O–H groups in total. The lowest BCUT2D eigenvalue weighted by Crippen LogP contribution is -2.22. The predicted molar refractivity (Wildman–Crippen MR) is 120 cm³/mol. The van der Waals surface area contributed by atoms with Gasteiger partial charge in [0.1, 0.15) is 5.82 Å². The van der Waals surface area contributed by atoms with E-state index in [0.29, 0.717) is 11.0 Å². The van der Waals surface area contributed by atoms with Crippen LogP contribution in [-0.2, 0) is 0 Å². The maximum Gasteiger partial charge on any atom is 0.414 e. The normalized spacial score (nSPS) is 10.6. The van der Waals surface area contributed by atoms with Gasteiger partial charge in [-0.2, -0.15) is 4.98 Å². The van der Waals surface area contributed by atoms with Gasteiger partial charge in [0.2, 0.25) is 0 Å². The van der Waals surface area contributed by atoms with Crippen molar-refractivity contribution in [3.8, 4) is 6.01 Å². The largest absolute Gasteiger partial charge is 0.414 e. The lowest BCUT2D eigenvalue weighted by atomic mass is 9.97. The Morgan fingerprint density at radius 1 is 1.03 bits per heavy atom. The van der Waals surface area contributed by atoms with Crippen LogP contribution in [-0.4, -0.2) is 34.8 Å². The lowest BCUT2D eigenvalue weighted by molar-refractivity contribution is 0.0996. The molecule has 0 saturated carbocycles. The molecular weight excluding hydrogens is 451 g/mol. The van der Waals surface area contributed by atoms with Gasteiger partial charge in [-0.1, -0.05) is 29.8 Å². The number of imidazole rings is 1. The van der Waals surface area contributed by atoms with Crippen LogP contribution in [0.2, 0.25) is 5.02 Å². The SMILES string of the molecule is CNC(=O)Oc1nc2ccc(C(=O)c3ccccc3C(=O)Nc3cc(Cl)ccc3F)cc2[nH]1. The van der Waals surface area contributed by atoms with Crippen LogP contribution in [0.4, 0.5) is 14.9 Å². The molecule has 0 unspecified atom stereocenters. The first-order chi connectivity index (χ1) is 15.9. The third-order valence-corrected chi connectivity index (χ3v) is 4.94. The number of rotatable bonds is 5. The Balaban J connectivity index is 1.64. The van der Waals surface area contributed by atoms with Crippen molar-refractivity contribution in [3.05, 3.63) is 88.2 Å². The summed E-state index contributed by atoms with van der Waals surface area (Å²) >= 11 is 5.88. The van der Waals surface area contributed by atoms with E-state index in [1.807, 2.05) is 0 Å². The summed E-state index contributed by atoms with van der Waals surface area (Å²) in [6.07, 6.45) is -0.693. The van der Waals surface area contributed by atoms with E-state index in [-0.39, 0.29) is 33.4 Å². The number of hydrogen-bond acceptors (Lipinski definition) is 5. The second kappa shape index (κ2) is 9.09. The molecule has 10 heteroatoms. The van der Waals surface area contributed by atoms with Gasteiger partial charge in [0.25, 0.3) is 5.91 Å². The van der Waals surface area contributed by atoms with Gasteiger partial charge >= 0.3 is 12.1 Å². The molecule has 0 spiro atoms.